The van der Waals surface area contributed by atoms with Crippen LogP contribution in [0.5, 0.6) is 0 Å². The van der Waals surface area contributed by atoms with Gasteiger partial charge in [0, 0.05) is 18.1 Å². The lowest BCUT2D eigenvalue weighted by atomic mass is 10.2. The van der Waals surface area contributed by atoms with Crippen LogP contribution in [0.25, 0.3) is 10.9 Å². The molecule has 0 spiro atoms. The summed E-state index contributed by atoms with van der Waals surface area (Å²) >= 11 is 0. The third-order valence-corrected chi connectivity index (χ3v) is 1.95. The summed E-state index contributed by atoms with van der Waals surface area (Å²) in [6.45, 7) is 0.651. The van der Waals surface area contributed by atoms with Crippen LogP contribution in [0.4, 0.5) is 0 Å². The molecule has 0 amide bonds. The molecule has 0 aliphatic rings. The highest BCUT2D eigenvalue weighted by molar-refractivity contribution is 5.85. The van der Waals surface area contributed by atoms with Gasteiger partial charge < -0.3 is 0 Å². The molecule has 0 saturated heterocycles. The lowest BCUT2D eigenvalue weighted by Crippen LogP contribution is -2.20. The van der Waals surface area contributed by atoms with Crippen LogP contribution in [0.3, 0.4) is 0 Å². The average molecular weight is 246 g/mol. The summed E-state index contributed by atoms with van der Waals surface area (Å²) in [5, 5.41) is 1.15. The Balaban J connectivity index is 0.000000980. The van der Waals surface area contributed by atoms with Crippen molar-refractivity contribution in [3.05, 3.63) is 42.1 Å². The number of nitrogens with two attached hydrogens (primary N) is 1. The standard InChI is InChI=1S/C10H11N3.2ClH/c11-13-7-8-5-9-3-1-2-4-10(9)12-6-8;;/h1-6,13H,7,11H2;2*1H. The molecule has 15 heavy (non-hydrogen) atoms. The number of nitrogens with one attached hydrogen (secondary N) is 1. The zero-order valence-electron chi connectivity index (χ0n) is 8.01. The zero-order valence-corrected chi connectivity index (χ0v) is 9.65. The summed E-state index contributed by atoms with van der Waals surface area (Å²) in [7, 11) is 0. The molecule has 0 bridgehead atoms. The molecule has 82 valence electrons. The van der Waals surface area contributed by atoms with Gasteiger partial charge in [-0.1, -0.05) is 18.2 Å². The summed E-state index contributed by atoms with van der Waals surface area (Å²) < 4.78 is 0. The number of rotatable bonds is 2. The minimum absolute atomic E-state index is 0. The molecule has 2 aromatic rings. The monoisotopic (exact) mass is 245 g/mol. The molecule has 0 atom stereocenters. The van der Waals surface area contributed by atoms with E-state index in [1.165, 1.54) is 0 Å². The number of nitrogens with zero attached hydrogens (tertiary/aromatic N) is 1. The molecule has 0 fully saturated rings. The smallest absolute Gasteiger partial charge is 0.0702 e. The molecule has 0 saturated carbocycles. The van der Waals surface area contributed by atoms with Gasteiger partial charge in [0.1, 0.15) is 0 Å². The molecule has 0 unspecified atom stereocenters. The van der Waals surface area contributed by atoms with E-state index in [4.69, 9.17) is 5.84 Å². The van der Waals surface area contributed by atoms with Gasteiger partial charge in [0.2, 0.25) is 0 Å². The first-order chi connectivity index (χ1) is 6.40. The van der Waals surface area contributed by atoms with Gasteiger partial charge in [-0.05, 0) is 17.7 Å². The fourth-order valence-corrected chi connectivity index (χ4v) is 1.33. The Morgan fingerprint density at radius 3 is 2.67 bits per heavy atom. The second-order valence-corrected chi connectivity index (χ2v) is 2.92. The number of halogens is 2. The van der Waals surface area contributed by atoms with E-state index in [0.29, 0.717) is 6.54 Å². The van der Waals surface area contributed by atoms with Gasteiger partial charge in [-0.2, -0.15) is 0 Å². The average Bonchev–Trinajstić information content (AvgIpc) is 2.18. The Bertz CT molecular complexity index is 420. The van der Waals surface area contributed by atoms with Gasteiger partial charge in [0.05, 0.1) is 5.52 Å². The van der Waals surface area contributed by atoms with Crippen LogP contribution in [-0.2, 0) is 6.54 Å². The normalized spacial score (nSPS) is 9.13. The summed E-state index contributed by atoms with van der Waals surface area (Å²) in [4.78, 5) is 4.30. The Labute approximate surface area is 101 Å². The topological polar surface area (TPSA) is 50.9 Å². The van der Waals surface area contributed by atoms with Crippen LogP contribution in [0, 0.1) is 0 Å². The number of pyridine rings is 1. The lowest BCUT2D eigenvalue weighted by Gasteiger charge is -2.01. The number of hydrazine groups is 1. The third-order valence-electron chi connectivity index (χ3n) is 1.95. The lowest BCUT2D eigenvalue weighted by molar-refractivity contribution is 0.740. The van der Waals surface area contributed by atoms with Gasteiger partial charge in [-0.25, -0.2) is 0 Å². The fraction of sp³-hybridized carbons (Fsp3) is 0.100. The van der Waals surface area contributed by atoms with Crippen molar-refractivity contribution in [2.75, 3.05) is 0 Å². The van der Waals surface area contributed by atoms with Crippen molar-refractivity contribution < 1.29 is 0 Å². The van der Waals surface area contributed by atoms with Gasteiger partial charge in [0.15, 0.2) is 0 Å². The van der Waals surface area contributed by atoms with Crippen LogP contribution < -0.4 is 11.3 Å². The zero-order chi connectivity index (χ0) is 9.10. The maximum absolute atomic E-state index is 5.23. The molecule has 3 N–H and O–H groups in total. The van der Waals surface area contributed by atoms with E-state index in [2.05, 4.69) is 16.5 Å². The van der Waals surface area contributed by atoms with E-state index in [1.807, 2.05) is 30.5 Å². The van der Waals surface area contributed by atoms with E-state index >= 15 is 0 Å². The second kappa shape index (κ2) is 6.58. The first-order valence-corrected chi connectivity index (χ1v) is 4.17. The second-order valence-electron chi connectivity index (χ2n) is 2.92. The van der Waals surface area contributed by atoms with E-state index in [-0.39, 0.29) is 24.8 Å². The predicted octanol–water partition coefficient (Wildman–Crippen LogP) is 2.04. The quantitative estimate of drug-likeness (QED) is 0.629. The molecule has 1 aromatic heterocycles. The highest BCUT2D eigenvalue weighted by Gasteiger charge is 1.95. The Kier molecular flexibility index (Phi) is 6.20. The van der Waals surface area contributed by atoms with Crippen LogP contribution in [0.1, 0.15) is 5.56 Å². The molecule has 2 rings (SSSR count). The Morgan fingerprint density at radius 1 is 1.20 bits per heavy atom. The SMILES string of the molecule is Cl.Cl.NNCc1cnc2ccccc2c1. The third kappa shape index (κ3) is 3.32. The summed E-state index contributed by atoms with van der Waals surface area (Å²) in [6, 6.07) is 10.1. The van der Waals surface area contributed by atoms with Crippen LogP contribution in [-0.4, -0.2) is 4.98 Å². The number of para-hydroxylation sites is 1. The van der Waals surface area contributed by atoms with E-state index in [0.717, 1.165) is 16.5 Å². The first kappa shape index (κ1) is 14.1. The number of hydrogen-bond acceptors (Lipinski definition) is 3. The maximum Gasteiger partial charge on any atom is 0.0702 e. The van der Waals surface area contributed by atoms with Crippen molar-refractivity contribution in [3.63, 3.8) is 0 Å². The molecule has 1 heterocycles. The van der Waals surface area contributed by atoms with Gasteiger partial charge in [-0.15, -0.1) is 24.8 Å². The van der Waals surface area contributed by atoms with Crippen LogP contribution in [0.15, 0.2) is 36.5 Å². The number of fused-ring (bicyclic) bond motifs is 1. The fourth-order valence-electron chi connectivity index (χ4n) is 1.33. The maximum atomic E-state index is 5.23. The molecular weight excluding hydrogens is 233 g/mol. The van der Waals surface area contributed by atoms with Gasteiger partial charge in [-0.3, -0.25) is 16.3 Å². The van der Waals surface area contributed by atoms with Crippen molar-refractivity contribution in [3.8, 4) is 0 Å². The van der Waals surface area contributed by atoms with Gasteiger partial charge >= 0.3 is 0 Å². The molecule has 0 radical (unpaired) electrons. The summed E-state index contributed by atoms with van der Waals surface area (Å²) in [5.74, 6) is 5.23. The van der Waals surface area contributed by atoms with Crippen molar-refractivity contribution in [1.82, 2.24) is 10.4 Å². The van der Waals surface area contributed by atoms with Crippen molar-refractivity contribution in [2.24, 2.45) is 5.84 Å². The van der Waals surface area contributed by atoms with Gasteiger partial charge in [0.25, 0.3) is 0 Å². The van der Waals surface area contributed by atoms with Crippen molar-refractivity contribution >= 4 is 35.7 Å². The molecule has 0 aliphatic heterocycles. The molecule has 1 aromatic carbocycles. The summed E-state index contributed by atoms with van der Waals surface area (Å²) in [5.41, 5.74) is 4.72. The predicted molar refractivity (Wildman–Crippen MR) is 67.3 cm³/mol. The first-order valence-electron chi connectivity index (χ1n) is 4.17. The van der Waals surface area contributed by atoms with Crippen LogP contribution >= 0.6 is 24.8 Å². The van der Waals surface area contributed by atoms with E-state index < -0.39 is 0 Å². The van der Waals surface area contributed by atoms with E-state index in [1.54, 1.807) is 0 Å². The summed E-state index contributed by atoms with van der Waals surface area (Å²) in [6.07, 6.45) is 1.84. The van der Waals surface area contributed by atoms with Crippen molar-refractivity contribution in [2.45, 2.75) is 6.54 Å². The highest BCUT2D eigenvalue weighted by atomic mass is 35.5. The minimum Gasteiger partial charge on any atom is -0.271 e. The minimum atomic E-state index is 0. The molecule has 5 heteroatoms. The highest BCUT2D eigenvalue weighted by Crippen LogP contribution is 2.11. The van der Waals surface area contributed by atoms with Crippen molar-refractivity contribution in [1.29, 1.82) is 0 Å². The molecule has 0 aliphatic carbocycles. The number of hydrogen-bond donors (Lipinski definition) is 2. The number of aromatic nitrogens is 1. The molecular formula is C10H13Cl2N3. The number of benzene rings is 1. The Morgan fingerprint density at radius 2 is 1.93 bits per heavy atom. The van der Waals surface area contributed by atoms with E-state index in [9.17, 15) is 0 Å². The Hall–Kier alpha value is -0.870. The molecule has 3 nitrogen and oxygen atoms in total. The van der Waals surface area contributed by atoms with Crippen LogP contribution in [0.2, 0.25) is 0 Å². The largest absolute Gasteiger partial charge is 0.271 e.